The van der Waals surface area contributed by atoms with Crippen LogP contribution in [0.15, 0.2) is 0 Å². The molecule has 2 heteroatoms. The molecule has 15 heavy (non-hydrogen) atoms. The maximum atomic E-state index is 5.81. The second-order valence-electron chi connectivity index (χ2n) is 4.80. The minimum atomic E-state index is 0.0830. The van der Waals surface area contributed by atoms with E-state index in [1.165, 1.54) is 6.42 Å². The normalized spacial score (nSPS) is 14.5. The maximum absolute atomic E-state index is 5.81. The van der Waals surface area contributed by atoms with Crippen LogP contribution in [0.3, 0.4) is 0 Å². The first-order valence-electron chi connectivity index (χ1n) is 5.89. The Balaban J connectivity index is 3.88. The van der Waals surface area contributed by atoms with Crippen LogP contribution in [0.5, 0.6) is 0 Å². The van der Waals surface area contributed by atoms with Gasteiger partial charge in [0.25, 0.3) is 0 Å². The van der Waals surface area contributed by atoms with Crippen LogP contribution in [0.1, 0.15) is 47.0 Å². The van der Waals surface area contributed by atoms with E-state index in [0.717, 1.165) is 25.3 Å². The largest absolute Gasteiger partial charge is 0.329 e. The van der Waals surface area contributed by atoms with Crippen LogP contribution in [0.4, 0.5) is 0 Å². The Kier molecular flexibility index (Phi) is 7.46. The van der Waals surface area contributed by atoms with Crippen molar-refractivity contribution in [3.63, 3.8) is 0 Å². The molecule has 0 aromatic rings. The van der Waals surface area contributed by atoms with E-state index in [0.29, 0.717) is 6.54 Å². The molecular weight excluding hydrogens is 184 g/mol. The predicted octanol–water partition coefficient (Wildman–Crippen LogP) is 2.14. The van der Waals surface area contributed by atoms with E-state index < -0.39 is 0 Å². The Morgan fingerprint density at radius 2 is 2.07 bits per heavy atom. The van der Waals surface area contributed by atoms with Gasteiger partial charge >= 0.3 is 0 Å². The highest BCUT2D eigenvalue weighted by molar-refractivity contribution is 4.96. The van der Waals surface area contributed by atoms with Gasteiger partial charge in [-0.2, -0.15) is 0 Å². The van der Waals surface area contributed by atoms with E-state index in [2.05, 4.69) is 37.9 Å². The van der Waals surface area contributed by atoms with Gasteiger partial charge in [0, 0.05) is 25.0 Å². The number of rotatable bonds is 7. The molecule has 3 N–H and O–H groups in total. The van der Waals surface area contributed by atoms with Crippen molar-refractivity contribution in [1.29, 1.82) is 0 Å². The van der Waals surface area contributed by atoms with Crippen molar-refractivity contribution in [2.75, 3.05) is 13.1 Å². The van der Waals surface area contributed by atoms with E-state index in [1.807, 2.05) is 6.92 Å². The van der Waals surface area contributed by atoms with Gasteiger partial charge in [-0.15, -0.1) is 11.8 Å². The number of nitrogens with two attached hydrogens (primary N) is 1. The Labute approximate surface area is 95.0 Å². The summed E-state index contributed by atoms with van der Waals surface area (Å²) in [5.74, 6) is 6.70. The molecule has 0 fully saturated rings. The average molecular weight is 210 g/mol. The highest BCUT2D eigenvalue weighted by Crippen LogP contribution is 2.15. The molecular formula is C13H26N2. The molecule has 88 valence electrons. The van der Waals surface area contributed by atoms with Gasteiger partial charge < -0.3 is 11.1 Å². The Hall–Kier alpha value is -0.520. The molecule has 0 heterocycles. The Bertz CT molecular complexity index is 212. The lowest BCUT2D eigenvalue weighted by molar-refractivity contribution is 0.317. The van der Waals surface area contributed by atoms with E-state index in [4.69, 9.17) is 5.73 Å². The van der Waals surface area contributed by atoms with Crippen LogP contribution in [-0.4, -0.2) is 18.6 Å². The summed E-state index contributed by atoms with van der Waals surface area (Å²) >= 11 is 0. The average Bonchev–Trinajstić information content (AvgIpc) is 2.22. The molecule has 0 amide bonds. The molecule has 0 aromatic heterocycles. The third kappa shape index (κ3) is 7.41. The summed E-state index contributed by atoms with van der Waals surface area (Å²) in [6.45, 7) is 10.2. The van der Waals surface area contributed by atoms with Crippen molar-refractivity contribution < 1.29 is 0 Å². The highest BCUT2D eigenvalue weighted by atomic mass is 15.0. The lowest BCUT2D eigenvalue weighted by Gasteiger charge is -2.30. The van der Waals surface area contributed by atoms with Crippen molar-refractivity contribution in [1.82, 2.24) is 5.32 Å². The molecule has 0 saturated heterocycles. The van der Waals surface area contributed by atoms with E-state index in [-0.39, 0.29) is 5.54 Å². The molecule has 0 radical (unpaired) electrons. The quantitative estimate of drug-likeness (QED) is 0.499. The monoisotopic (exact) mass is 210 g/mol. The molecule has 0 saturated carbocycles. The fraction of sp³-hybridized carbons (Fsp3) is 0.846. The van der Waals surface area contributed by atoms with Crippen LogP contribution in [-0.2, 0) is 0 Å². The zero-order chi connectivity index (χ0) is 11.7. The van der Waals surface area contributed by atoms with Crippen LogP contribution in [0, 0.1) is 17.8 Å². The first-order chi connectivity index (χ1) is 7.04. The molecule has 0 rings (SSSR count). The third-order valence-electron chi connectivity index (χ3n) is 2.70. The van der Waals surface area contributed by atoms with Crippen LogP contribution in [0.2, 0.25) is 0 Å². The maximum Gasteiger partial charge on any atom is 0.0276 e. The lowest BCUT2D eigenvalue weighted by atomic mass is 9.92. The SMILES string of the molecule is CC#CCCNC(C)(CN)CCC(C)C. The summed E-state index contributed by atoms with van der Waals surface area (Å²) in [4.78, 5) is 0. The summed E-state index contributed by atoms with van der Waals surface area (Å²) in [5.41, 5.74) is 5.89. The molecule has 0 aliphatic carbocycles. The van der Waals surface area contributed by atoms with Gasteiger partial charge in [0.2, 0.25) is 0 Å². The summed E-state index contributed by atoms with van der Waals surface area (Å²) in [6, 6.07) is 0. The van der Waals surface area contributed by atoms with Crippen molar-refractivity contribution in [3.05, 3.63) is 0 Å². The second-order valence-corrected chi connectivity index (χ2v) is 4.80. The van der Waals surface area contributed by atoms with E-state index >= 15 is 0 Å². The van der Waals surface area contributed by atoms with Crippen molar-refractivity contribution >= 4 is 0 Å². The van der Waals surface area contributed by atoms with E-state index in [1.54, 1.807) is 0 Å². The van der Waals surface area contributed by atoms with Crippen molar-refractivity contribution in [3.8, 4) is 11.8 Å². The number of hydrogen-bond acceptors (Lipinski definition) is 2. The van der Waals surface area contributed by atoms with Gasteiger partial charge in [0.05, 0.1) is 0 Å². The molecule has 2 nitrogen and oxygen atoms in total. The molecule has 0 aliphatic rings. The predicted molar refractivity (Wildman–Crippen MR) is 67.6 cm³/mol. The fourth-order valence-electron chi connectivity index (χ4n) is 1.42. The smallest absolute Gasteiger partial charge is 0.0276 e. The molecule has 1 unspecified atom stereocenters. The summed E-state index contributed by atoms with van der Waals surface area (Å²) in [5, 5.41) is 3.51. The highest BCUT2D eigenvalue weighted by Gasteiger charge is 2.20. The van der Waals surface area contributed by atoms with Crippen LogP contribution >= 0.6 is 0 Å². The van der Waals surface area contributed by atoms with Crippen LogP contribution in [0.25, 0.3) is 0 Å². The fourth-order valence-corrected chi connectivity index (χ4v) is 1.42. The van der Waals surface area contributed by atoms with Crippen molar-refractivity contribution in [2.45, 2.75) is 52.5 Å². The zero-order valence-corrected chi connectivity index (χ0v) is 10.7. The molecule has 0 aliphatic heterocycles. The number of nitrogens with one attached hydrogen (secondary N) is 1. The first-order valence-corrected chi connectivity index (χ1v) is 5.89. The van der Waals surface area contributed by atoms with Gasteiger partial charge in [0.1, 0.15) is 0 Å². The Morgan fingerprint density at radius 1 is 1.40 bits per heavy atom. The molecule has 0 bridgehead atoms. The zero-order valence-electron chi connectivity index (χ0n) is 10.7. The van der Waals surface area contributed by atoms with Gasteiger partial charge in [-0.05, 0) is 32.6 Å². The van der Waals surface area contributed by atoms with Gasteiger partial charge in [-0.25, -0.2) is 0 Å². The number of hydrogen-bond donors (Lipinski definition) is 2. The topological polar surface area (TPSA) is 38.0 Å². The van der Waals surface area contributed by atoms with Gasteiger partial charge in [0.15, 0.2) is 0 Å². The minimum absolute atomic E-state index is 0.0830. The minimum Gasteiger partial charge on any atom is -0.329 e. The Morgan fingerprint density at radius 3 is 2.53 bits per heavy atom. The second kappa shape index (κ2) is 7.73. The van der Waals surface area contributed by atoms with E-state index in [9.17, 15) is 0 Å². The lowest BCUT2D eigenvalue weighted by Crippen LogP contribution is -2.49. The molecule has 1 atom stereocenters. The third-order valence-corrected chi connectivity index (χ3v) is 2.70. The van der Waals surface area contributed by atoms with Gasteiger partial charge in [-0.3, -0.25) is 0 Å². The summed E-state index contributed by atoms with van der Waals surface area (Å²) in [6.07, 6.45) is 3.27. The standard InChI is InChI=1S/C13H26N2/c1-5-6-7-10-15-13(4,11-14)9-8-12(2)3/h12,15H,7-11,14H2,1-4H3. The van der Waals surface area contributed by atoms with Crippen LogP contribution < -0.4 is 11.1 Å². The summed E-state index contributed by atoms with van der Waals surface area (Å²) < 4.78 is 0. The molecule has 0 aromatic carbocycles. The first kappa shape index (κ1) is 14.5. The van der Waals surface area contributed by atoms with Crippen molar-refractivity contribution in [2.24, 2.45) is 11.7 Å². The molecule has 0 spiro atoms. The summed E-state index contributed by atoms with van der Waals surface area (Å²) in [7, 11) is 0. The van der Waals surface area contributed by atoms with Gasteiger partial charge in [-0.1, -0.05) is 13.8 Å².